The van der Waals surface area contributed by atoms with Crippen LogP contribution < -0.4 is 15.4 Å². The van der Waals surface area contributed by atoms with E-state index < -0.39 is 0 Å². The molecular weight excluding hydrogens is 507 g/mol. The lowest BCUT2D eigenvalue weighted by atomic mass is 9.88. The summed E-state index contributed by atoms with van der Waals surface area (Å²) in [6.45, 7) is 7.24. The molecule has 1 aromatic carbocycles. The lowest BCUT2D eigenvalue weighted by Gasteiger charge is -2.26. The van der Waals surface area contributed by atoms with Crippen LogP contribution in [0, 0.1) is 5.92 Å². The van der Waals surface area contributed by atoms with Crippen molar-refractivity contribution in [2.45, 2.75) is 65.0 Å². The molecular formula is C23H37IN4O3. The third kappa shape index (κ3) is 7.43. The first-order valence-electron chi connectivity index (χ1n) is 11.4. The summed E-state index contributed by atoms with van der Waals surface area (Å²) >= 11 is 0. The Kier molecular flexibility index (Phi) is 10.7. The first-order chi connectivity index (χ1) is 14.6. The van der Waals surface area contributed by atoms with Crippen molar-refractivity contribution in [1.29, 1.82) is 0 Å². The van der Waals surface area contributed by atoms with E-state index in [1.807, 2.05) is 30.9 Å². The van der Waals surface area contributed by atoms with Gasteiger partial charge in [0.2, 0.25) is 5.91 Å². The molecule has 0 bridgehead atoms. The lowest BCUT2D eigenvalue weighted by molar-refractivity contribution is -0.135. The number of likely N-dealkylation sites (tertiary alicyclic amines) is 1. The van der Waals surface area contributed by atoms with Crippen molar-refractivity contribution >= 4 is 35.8 Å². The molecule has 2 fully saturated rings. The Morgan fingerprint density at radius 3 is 2.71 bits per heavy atom. The summed E-state index contributed by atoms with van der Waals surface area (Å²) in [4.78, 5) is 19.5. The van der Waals surface area contributed by atoms with Crippen LogP contribution >= 0.6 is 24.0 Å². The molecule has 7 nitrogen and oxygen atoms in total. The highest BCUT2D eigenvalue weighted by molar-refractivity contribution is 14.0. The van der Waals surface area contributed by atoms with E-state index in [1.54, 1.807) is 6.07 Å². The van der Waals surface area contributed by atoms with E-state index in [0.717, 1.165) is 50.4 Å². The number of rotatable bonds is 7. The van der Waals surface area contributed by atoms with Gasteiger partial charge in [-0.3, -0.25) is 4.79 Å². The molecule has 1 saturated carbocycles. The van der Waals surface area contributed by atoms with E-state index in [0.29, 0.717) is 24.8 Å². The molecule has 1 unspecified atom stereocenters. The second-order valence-corrected chi connectivity index (χ2v) is 8.18. The van der Waals surface area contributed by atoms with Gasteiger partial charge in [-0.2, -0.15) is 0 Å². The fourth-order valence-corrected chi connectivity index (χ4v) is 4.30. The van der Waals surface area contributed by atoms with E-state index in [4.69, 9.17) is 9.73 Å². The number of phenols is 1. The fourth-order valence-electron chi connectivity index (χ4n) is 4.30. The first kappa shape index (κ1) is 25.5. The van der Waals surface area contributed by atoms with Crippen LogP contribution in [0.15, 0.2) is 23.2 Å². The number of carbonyl (C=O) groups excluding carboxylic acids is 1. The van der Waals surface area contributed by atoms with Crippen molar-refractivity contribution in [1.82, 2.24) is 15.5 Å². The fraction of sp³-hybridized carbons (Fsp3) is 0.652. The predicted octanol–water partition coefficient (Wildman–Crippen LogP) is 3.65. The molecule has 1 aliphatic carbocycles. The van der Waals surface area contributed by atoms with Gasteiger partial charge in [-0.25, -0.2) is 4.99 Å². The summed E-state index contributed by atoms with van der Waals surface area (Å²) in [7, 11) is 0. The summed E-state index contributed by atoms with van der Waals surface area (Å²) in [6.07, 6.45) is 6.68. The monoisotopic (exact) mass is 544 g/mol. The zero-order chi connectivity index (χ0) is 21.3. The van der Waals surface area contributed by atoms with E-state index in [2.05, 4.69) is 10.6 Å². The van der Waals surface area contributed by atoms with Crippen molar-refractivity contribution in [3.8, 4) is 11.5 Å². The van der Waals surface area contributed by atoms with Crippen LogP contribution in [0.4, 0.5) is 0 Å². The standard InChI is InChI=1S/C23H36N4O3.HI/c1-3-24-23(25-15-17-10-11-20(28)21(14-17)30-4-2)26-19-12-13-27(16-19)22(29)18-8-6-5-7-9-18;/h10-11,14,18-19,28H,3-9,12-13,15-16H2,1-2H3,(H2,24,25,26);1H. The molecule has 1 atom stereocenters. The number of nitrogens with one attached hydrogen (secondary N) is 2. The number of hydrogen-bond donors (Lipinski definition) is 3. The van der Waals surface area contributed by atoms with Crippen LogP contribution in [0.5, 0.6) is 11.5 Å². The zero-order valence-electron chi connectivity index (χ0n) is 18.7. The Hall–Kier alpha value is -1.71. The molecule has 174 valence electrons. The van der Waals surface area contributed by atoms with Crippen LogP contribution in [0.3, 0.4) is 0 Å². The quantitative estimate of drug-likeness (QED) is 0.277. The van der Waals surface area contributed by atoms with Crippen LogP contribution in [0.2, 0.25) is 0 Å². The third-order valence-corrected chi connectivity index (χ3v) is 5.88. The Morgan fingerprint density at radius 2 is 2.00 bits per heavy atom. The molecule has 1 heterocycles. The number of nitrogens with zero attached hydrogens (tertiary/aromatic N) is 2. The molecule has 8 heteroatoms. The van der Waals surface area contributed by atoms with E-state index >= 15 is 0 Å². The SMILES string of the molecule is CCNC(=NCc1ccc(O)c(OCC)c1)NC1CCN(C(=O)C2CCCCC2)C1.I. The van der Waals surface area contributed by atoms with Gasteiger partial charge in [0.05, 0.1) is 13.2 Å². The maximum atomic E-state index is 12.8. The smallest absolute Gasteiger partial charge is 0.225 e. The Balaban J connectivity index is 0.00000341. The third-order valence-electron chi connectivity index (χ3n) is 5.88. The molecule has 0 aromatic heterocycles. The predicted molar refractivity (Wildman–Crippen MR) is 134 cm³/mol. The second kappa shape index (κ2) is 13.0. The topological polar surface area (TPSA) is 86.2 Å². The highest BCUT2D eigenvalue weighted by atomic mass is 127. The van der Waals surface area contributed by atoms with Crippen molar-refractivity contribution in [3.63, 3.8) is 0 Å². The average Bonchev–Trinajstić information content (AvgIpc) is 3.23. The molecule has 3 N–H and O–H groups in total. The molecule has 1 amide bonds. The second-order valence-electron chi connectivity index (χ2n) is 8.18. The van der Waals surface area contributed by atoms with Gasteiger partial charge < -0.3 is 25.4 Å². The van der Waals surface area contributed by atoms with E-state index in [1.165, 1.54) is 19.3 Å². The molecule has 0 radical (unpaired) electrons. The van der Waals surface area contributed by atoms with Crippen molar-refractivity contribution in [2.75, 3.05) is 26.2 Å². The number of benzene rings is 1. The summed E-state index contributed by atoms with van der Waals surface area (Å²) in [5, 5.41) is 16.6. The summed E-state index contributed by atoms with van der Waals surface area (Å²) in [6, 6.07) is 5.54. The van der Waals surface area contributed by atoms with Crippen molar-refractivity contribution in [3.05, 3.63) is 23.8 Å². The maximum Gasteiger partial charge on any atom is 0.225 e. The highest BCUT2D eigenvalue weighted by Crippen LogP contribution is 2.28. The molecule has 2 aliphatic rings. The number of hydrogen-bond acceptors (Lipinski definition) is 4. The van der Waals surface area contributed by atoms with Gasteiger partial charge >= 0.3 is 0 Å². The Bertz CT molecular complexity index is 738. The van der Waals surface area contributed by atoms with E-state index in [9.17, 15) is 9.90 Å². The minimum Gasteiger partial charge on any atom is -0.504 e. The Morgan fingerprint density at radius 1 is 1.23 bits per heavy atom. The maximum absolute atomic E-state index is 12.8. The first-order valence-corrected chi connectivity index (χ1v) is 11.4. The van der Waals surface area contributed by atoms with E-state index in [-0.39, 0.29) is 41.7 Å². The van der Waals surface area contributed by atoms with Gasteiger partial charge in [0.1, 0.15) is 0 Å². The number of phenolic OH excluding ortho intramolecular Hbond substituents is 1. The molecule has 1 aliphatic heterocycles. The van der Waals surface area contributed by atoms with Gasteiger partial charge in [-0.05, 0) is 50.8 Å². The molecule has 0 spiro atoms. The van der Waals surface area contributed by atoms with Crippen LogP contribution in [0.1, 0.15) is 57.9 Å². The molecule has 1 aromatic rings. The molecule has 3 rings (SSSR count). The van der Waals surface area contributed by atoms with Crippen LogP contribution in [-0.4, -0.2) is 54.2 Å². The van der Waals surface area contributed by atoms with Gasteiger partial charge in [-0.15, -0.1) is 24.0 Å². The zero-order valence-corrected chi connectivity index (χ0v) is 21.1. The summed E-state index contributed by atoms with van der Waals surface area (Å²) in [5.74, 6) is 1.95. The van der Waals surface area contributed by atoms with Crippen molar-refractivity contribution < 1.29 is 14.6 Å². The summed E-state index contributed by atoms with van der Waals surface area (Å²) in [5.41, 5.74) is 0.967. The molecule has 1 saturated heterocycles. The number of aromatic hydroxyl groups is 1. The van der Waals surface area contributed by atoms with Gasteiger partial charge in [0.25, 0.3) is 0 Å². The normalized spacial score (nSPS) is 19.6. The minimum absolute atomic E-state index is 0. The van der Waals surface area contributed by atoms with Crippen LogP contribution in [0.25, 0.3) is 0 Å². The minimum atomic E-state index is 0. The lowest BCUT2D eigenvalue weighted by Crippen LogP contribution is -2.45. The van der Waals surface area contributed by atoms with Gasteiger partial charge in [0.15, 0.2) is 17.5 Å². The molecule has 31 heavy (non-hydrogen) atoms. The summed E-state index contributed by atoms with van der Waals surface area (Å²) < 4.78 is 5.46. The number of ether oxygens (including phenoxy) is 1. The number of amides is 1. The number of aliphatic imine (C=N–C) groups is 1. The van der Waals surface area contributed by atoms with Crippen LogP contribution in [-0.2, 0) is 11.3 Å². The Labute approximate surface area is 203 Å². The number of halogens is 1. The van der Waals surface area contributed by atoms with Gasteiger partial charge in [0, 0.05) is 31.6 Å². The highest BCUT2D eigenvalue weighted by Gasteiger charge is 2.31. The van der Waals surface area contributed by atoms with Crippen molar-refractivity contribution in [2.24, 2.45) is 10.9 Å². The number of carbonyl (C=O) groups is 1. The van der Waals surface area contributed by atoms with Gasteiger partial charge in [-0.1, -0.05) is 25.3 Å². The largest absolute Gasteiger partial charge is 0.504 e. The average molecular weight is 544 g/mol. The number of guanidine groups is 1.